The Hall–Kier alpha value is -4.53. The molecular weight excluding hydrogens is 434 g/mol. The van der Waals surface area contributed by atoms with Gasteiger partial charge in [0.15, 0.2) is 0 Å². The van der Waals surface area contributed by atoms with Gasteiger partial charge in [-0.1, -0.05) is 42.5 Å². The quantitative estimate of drug-likeness (QED) is 0.322. The number of nitrogens with zero attached hydrogens (tertiary/aromatic N) is 5. The van der Waals surface area contributed by atoms with E-state index in [2.05, 4.69) is 10.1 Å². The lowest BCUT2D eigenvalue weighted by Crippen LogP contribution is -2.42. The number of methoxy groups -OCH3 is 1. The maximum absolute atomic E-state index is 13.7. The second-order valence-electron chi connectivity index (χ2n) is 7.93. The Bertz CT molecular complexity index is 1320. The van der Waals surface area contributed by atoms with Crippen molar-refractivity contribution in [1.82, 2.24) is 14.8 Å². The highest BCUT2D eigenvalue weighted by Gasteiger charge is 2.39. The Balaban J connectivity index is 1.59. The van der Waals surface area contributed by atoms with Crippen molar-refractivity contribution in [3.05, 3.63) is 112 Å². The van der Waals surface area contributed by atoms with E-state index in [1.807, 2.05) is 54.6 Å². The van der Waals surface area contributed by atoms with Gasteiger partial charge >= 0.3 is 0 Å². The molecule has 0 bridgehead atoms. The maximum Gasteiger partial charge on any atom is 0.269 e. The number of amides is 1. The highest BCUT2D eigenvalue weighted by Crippen LogP contribution is 2.42. The molecule has 9 heteroatoms. The fraction of sp³-hybridized carbons (Fsp3) is 0.160. The minimum atomic E-state index is -0.488. The van der Waals surface area contributed by atoms with Crippen molar-refractivity contribution >= 4 is 17.5 Å². The fourth-order valence-electron chi connectivity index (χ4n) is 4.35. The van der Waals surface area contributed by atoms with Gasteiger partial charge in [0, 0.05) is 17.7 Å². The highest BCUT2D eigenvalue weighted by atomic mass is 16.6. The first-order valence-electron chi connectivity index (χ1n) is 10.7. The molecule has 2 heterocycles. The summed E-state index contributed by atoms with van der Waals surface area (Å²) in [6, 6.07) is 22.7. The average molecular weight is 455 g/mol. The van der Waals surface area contributed by atoms with E-state index >= 15 is 0 Å². The largest absolute Gasteiger partial charge is 0.497 e. The van der Waals surface area contributed by atoms with Gasteiger partial charge in [-0.2, -0.15) is 10.1 Å². The van der Waals surface area contributed by atoms with Gasteiger partial charge in [-0.05, 0) is 41.8 Å². The summed E-state index contributed by atoms with van der Waals surface area (Å²) in [5.41, 5.74) is 2.25. The van der Waals surface area contributed by atoms with E-state index in [-0.39, 0.29) is 23.7 Å². The smallest absolute Gasteiger partial charge is 0.269 e. The van der Waals surface area contributed by atoms with Crippen LogP contribution in [-0.2, 0) is 0 Å². The lowest BCUT2D eigenvalue weighted by Gasteiger charge is -2.39. The van der Waals surface area contributed by atoms with Crippen molar-refractivity contribution in [2.75, 3.05) is 12.0 Å². The van der Waals surface area contributed by atoms with Crippen LogP contribution in [0.25, 0.3) is 0 Å². The molecule has 0 fully saturated rings. The minimum absolute atomic E-state index is 0.0717. The molecule has 0 radical (unpaired) electrons. The number of anilines is 1. The molecule has 9 nitrogen and oxygen atoms in total. The summed E-state index contributed by atoms with van der Waals surface area (Å²) in [5, 5.41) is 15.5. The van der Waals surface area contributed by atoms with E-state index in [1.54, 1.807) is 16.7 Å². The van der Waals surface area contributed by atoms with Gasteiger partial charge in [0.1, 0.15) is 12.1 Å². The Labute approximate surface area is 195 Å². The molecule has 0 saturated heterocycles. The summed E-state index contributed by atoms with van der Waals surface area (Å²) >= 11 is 0. The van der Waals surface area contributed by atoms with Crippen LogP contribution in [0.1, 0.15) is 40.0 Å². The third kappa shape index (κ3) is 3.77. The summed E-state index contributed by atoms with van der Waals surface area (Å²) in [6.07, 6.45) is 2.01. The number of fused-ring (bicyclic) bond motifs is 1. The molecule has 0 N–H and O–H groups in total. The molecule has 170 valence electrons. The first-order valence-corrected chi connectivity index (χ1v) is 10.7. The van der Waals surface area contributed by atoms with E-state index in [1.165, 1.54) is 30.6 Å². The first-order chi connectivity index (χ1) is 16.6. The van der Waals surface area contributed by atoms with Gasteiger partial charge in [0.2, 0.25) is 5.95 Å². The monoisotopic (exact) mass is 455 g/mol. The van der Waals surface area contributed by atoms with Crippen molar-refractivity contribution in [2.45, 2.75) is 18.5 Å². The molecule has 5 rings (SSSR count). The molecule has 1 aliphatic rings. The molecule has 3 aromatic carbocycles. The van der Waals surface area contributed by atoms with E-state index in [0.29, 0.717) is 17.9 Å². The van der Waals surface area contributed by atoms with Crippen molar-refractivity contribution in [2.24, 2.45) is 0 Å². The van der Waals surface area contributed by atoms with Crippen molar-refractivity contribution < 1.29 is 14.5 Å². The second kappa shape index (κ2) is 8.78. The number of carbonyl (C=O) groups excluding carboxylic acids is 1. The van der Waals surface area contributed by atoms with Crippen LogP contribution in [0.15, 0.2) is 85.2 Å². The zero-order valence-electron chi connectivity index (χ0n) is 18.3. The standard InChI is InChI=1S/C25H21N5O4/c1-34-21-13-9-18(10-14-21)23-15-22(17-5-3-2-4-6-17)28(25-26-16-27-29(23)25)24(31)19-7-11-20(12-8-19)30(32)33/h2-14,16,22-23H,15H2,1H3/t22-,23-/m1/s1. The SMILES string of the molecule is COc1ccc([C@H]2C[C@H](c3ccccc3)N(C(=O)c3ccc([N+](=O)[O-])cc3)c3ncnn32)cc1. The second-order valence-corrected chi connectivity index (χ2v) is 7.93. The third-order valence-corrected chi connectivity index (χ3v) is 6.05. The van der Waals surface area contributed by atoms with Crippen LogP contribution in [0.4, 0.5) is 11.6 Å². The number of nitro groups is 1. The normalized spacial score (nSPS) is 17.1. The van der Waals surface area contributed by atoms with Crippen LogP contribution in [0, 0.1) is 10.1 Å². The highest BCUT2D eigenvalue weighted by molar-refractivity contribution is 6.06. The van der Waals surface area contributed by atoms with Crippen molar-refractivity contribution in [3.63, 3.8) is 0 Å². The van der Waals surface area contributed by atoms with Crippen LogP contribution < -0.4 is 9.64 Å². The van der Waals surface area contributed by atoms with Gasteiger partial charge in [-0.25, -0.2) is 4.68 Å². The van der Waals surface area contributed by atoms with Gasteiger partial charge < -0.3 is 4.74 Å². The summed E-state index contributed by atoms with van der Waals surface area (Å²) in [4.78, 5) is 30.3. The molecule has 0 saturated carbocycles. The summed E-state index contributed by atoms with van der Waals surface area (Å²) < 4.78 is 7.05. The summed E-state index contributed by atoms with van der Waals surface area (Å²) in [5.74, 6) is 0.878. The third-order valence-electron chi connectivity index (χ3n) is 6.05. The molecule has 2 atom stereocenters. The van der Waals surface area contributed by atoms with Gasteiger partial charge in [0.25, 0.3) is 11.6 Å². The Morgan fingerprint density at radius 3 is 2.29 bits per heavy atom. The van der Waals surface area contributed by atoms with Crippen molar-refractivity contribution in [1.29, 1.82) is 0 Å². The first kappa shape index (κ1) is 21.3. The molecule has 4 aromatic rings. The maximum atomic E-state index is 13.7. The number of rotatable bonds is 5. The zero-order chi connectivity index (χ0) is 23.7. The van der Waals surface area contributed by atoms with Crippen LogP contribution in [-0.4, -0.2) is 32.7 Å². The molecule has 1 aromatic heterocycles. The fourth-order valence-corrected chi connectivity index (χ4v) is 4.35. The molecule has 34 heavy (non-hydrogen) atoms. The summed E-state index contributed by atoms with van der Waals surface area (Å²) in [6.45, 7) is 0. The number of benzene rings is 3. The zero-order valence-corrected chi connectivity index (χ0v) is 18.3. The number of aromatic nitrogens is 3. The summed E-state index contributed by atoms with van der Waals surface area (Å²) in [7, 11) is 1.62. The van der Waals surface area contributed by atoms with Crippen LogP contribution >= 0.6 is 0 Å². The van der Waals surface area contributed by atoms with Crippen LogP contribution in [0.2, 0.25) is 0 Å². The van der Waals surface area contributed by atoms with Crippen molar-refractivity contribution in [3.8, 4) is 5.75 Å². The Morgan fingerprint density at radius 1 is 0.971 bits per heavy atom. The predicted molar refractivity (Wildman–Crippen MR) is 125 cm³/mol. The Morgan fingerprint density at radius 2 is 1.65 bits per heavy atom. The number of ether oxygens (including phenoxy) is 1. The molecule has 1 aliphatic heterocycles. The molecule has 0 spiro atoms. The van der Waals surface area contributed by atoms with E-state index in [9.17, 15) is 14.9 Å². The van der Waals surface area contributed by atoms with E-state index in [4.69, 9.17) is 4.74 Å². The molecule has 0 unspecified atom stereocenters. The lowest BCUT2D eigenvalue weighted by molar-refractivity contribution is -0.384. The number of nitro benzene ring substituents is 1. The van der Waals surface area contributed by atoms with Crippen LogP contribution in [0.5, 0.6) is 5.75 Å². The number of carbonyl (C=O) groups is 1. The minimum Gasteiger partial charge on any atom is -0.497 e. The van der Waals surface area contributed by atoms with Crippen LogP contribution in [0.3, 0.4) is 0 Å². The number of hydrogen-bond acceptors (Lipinski definition) is 6. The van der Waals surface area contributed by atoms with Gasteiger partial charge in [0.05, 0.1) is 24.1 Å². The topological polar surface area (TPSA) is 103 Å². The van der Waals surface area contributed by atoms with Gasteiger partial charge in [-0.15, -0.1) is 0 Å². The molecule has 0 aliphatic carbocycles. The van der Waals surface area contributed by atoms with Gasteiger partial charge in [-0.3, -0.25) is 19.8 Å². The molecular formula is C25H21N5O4. The average Bonchev–Trinajstić information content (AvgIpc) is 3.38. The lowest BCUT2D eigenvalue weighted by atomic mass is 9.91. The predicted octanol–water partition coefficient (Wildman–Crippen LogP) is 4.58. The van der Waals surface area contributed by atoms with E-state index < -0.39 is 4.92 Å². The molecule has 1 amide bonds. The Kier molecular flexibility index (Phi) is 5.51. The van der Waals surface area contributed by atoms with E-state index in [0.717, 1.165) is 16.9 Å². The number of hydrogen-bond donors (Lipinski definition) is 0. The number of non-ortho nitro benzene ring substituents is 1.